The summed E-state index contributed by atoms with van der Waals surface area (Å²) in [5, 5.41) is 1.78. The minimum Gasteiger partial charge on any atom is -0.304 e. The molecule has 2 aromatic rings. The largest absolute Gasteiger partial charge is 0.304 e. The first-order valence-electron chi connectivity index (χ1n) is 10.2. The van der Waals surface area contributed by atoms with Crippen LogP contribution < -0.4 is 0 Å². The van der Waals surface area contributed by atoms with E-state index in [1.165, 1.54) is 32.5 Å². The molecule has 0 unspecified atom stereocenters. The monoisotopic (exact) mass is 388 g/mol. The van der Waals surface area contributed by atoms with Crippen molar-refractivity contribution in [2.45, 2.75) is 44.4 Å². The maximum absolute atomic E-state index is 12.6. The Bertz CT molecular complexity index is 831. The summed E-state index contributed by atoms with van der Waals surface area (Å²) in [4.78, 5) is 2.96. The zero-order valence-electron chi connectivity index (χ0n) is 16.6. The van der Waals surface area contributed by atoms with Crippen LogP contribution in [0.4, 0.5) is 0 Å². The van der Waals surface area contributed by atoms with Crippen molar-refractivity contribution in [1.82, 2.24) is 9.21 Å². The molecular formula is C22H32N2O2S. The summed E-state index contributed by atoms with van der Waals surface area (Å²) in [6, 6.07) is 13.1. The van der Waals surface area contributed by atoms with E-state index in [1.54, 1.807) is 10.4 Å². The molecule has 2 aromatic carbocycles. The highest BCUT2D eigenvalue weighted by Crippen LogP contribution is 2.27. The third-order valence-corrected chi connectivity index (χ3v) is 7.71. The molecule has 2 saturated heterocycles. The fourth-order valence-electron chi connectivity index (χ4n) is 3.87. The lowest BCUT2D eigenvalue weighted by Crippen LogP contribution is -2.32. The Morgan fingerprint density at radius 3 is 2.22 bits per heavy atom. The molecule has 0 saturated carbocycles. The maximum Gasteiger partial charge on any atom is 0.243 e. The number of hydrogen-bond donors (Lipinski definition) is 0. The first-order chi connectivity index (χ1) is 13.0. The van der Waals surface area contributed by atoms with Crippen LogP contribution in [0.15, 0.2) is 47.4 Å². The van der Waals surface area contributed by atoms with E-state index in [2.05, 4.69) is 18.7 Å². The van der Waals surface area contributed by atoms with Crippen LogP contribution in [0.5, 0.6) is 0 Å². The zero-order valence-corrected chi connectivity index (χ0v) is 17.4. The molecule has 5 heteroatoms. The molecule has 2 fully saturated rings. The van der Waals surface area contributed by atoms with Gasteiger partial charge in [-0.2, -0.15) is 4.31 Å². The summed E-state index contributed by atoms with van der Waals surface area (Å²) in [5.74, 6) is 0.979. The van der Waals surface area contributed by atoms with Crippen molar-refractivity contribution >= 4 is 20.8 Å². The highest BCUT2D eigenvalue weighted by Gasteiger charge is 2.28. The molecule has 2 aliphatic heterocycles. The predicted octanol–water partition coefficient (Wildman–Crippen LogP) is 4.36. The summed E-state index contributed by atoms with van der Waals surface area (Å²) in [6.07, 6.45) is 4.75. The lowest BCUT2D eigenvalue weighted by Gasteiger charge is -2.28. The molecule has 0 N–H and O–H groups in total. The normalized spacial score (nSPS) is 19.8. The third kappa shape index (κ3) is 4.89. The number of nitrogens with zero attached hydrogens (tertiary/aromatic N) is 2. The van der Waals surface area contributed by atoms with Crippen molar-refractivity contribution in [3.63, 3.8) is 0 Å². The molecule has 2 heterocycles. The van der Waals surface area contributed by atoms with Crippen LogP contribution in [0.3, 0.4) is 0 Å². The molecule has 0 spiro atoms. The van der Waals surface area contributed by atoms with E-state index >= 15 is 0 Å². The van der Waals surface area contributed by atoms with Crippen LogP contribution in [0.1, 0.15) is 39.5 Å². The SMILES string of the molecule is CCN1CCC(C)CC1.O=S(=O)(c1cccc2ccccc12)N1CCCC1. The van der Waals surface area contributed by atoms with Crippen LogP contribution >= 0.6 is 0 Å². The van der Waals surface area contributed by atoms with Crippen molar-refractivity contribution in [3.8, 4) is 0 Å². The van der Waals surface area contributed by atoms with Crippen LogP contribution in [0.2, 0.25) is 0 Å². The second-order valence-corrected chi connectivity index (χ2v) is 9.61. The second kappa shape index (κ2) is 9.18. The van der Waals surface area contributed by atoms with E-state index in [4.69, 9.17) is 0 Å². The highest BCUT2D eigenvalue weighted by atomic mass is 32.2. The number of benzene rings is 2. The molecule has 4 rings (SSSR count). The van der Waals surface area contributed by atoms with Gasteiger partial charge >= 0.3 is 0 Å². The quantitative estimate of drug-likeness (QED) is 0.784. The molecular weight excluding hydrogens is 356 g/mol. The van der Waals surface area contributed by atoms with E-state index in [-0.39, 0.29) is 0 Å². The number of sulfonamides is 1. The topological polar surface area (TPSA) is 40.6 Å². The minimum absolute atomic E-state index is 0.433. The standard InChI is InChI=1S/C14H15NO2S.C8H17N/c16-18(17,15-10-3-4-11-15)14-9-5-7-12-6-1-2-8-13(12)14;1-3-9-6-4-8(2)5-7-9/h1-2,5-9H,3-4,10-11H2;8H,3-7H2,1-2H3. The Hall–Kier alpha value is -1.43. The molecule has 27 heavy (non-hydrogen) atoms. The van der Waals surface area contributed by atoms with Gasteiger partial charge in [0.05, 0.1) is 4.90 Å². The minimum atomic E-state index is -3.33. The number of fused-ring (bicyclic) bond motifs is 1. The van der Waals surface area contributed by atoms with Crippen molar-refractivity contribution < 1.29 is 8.42 Å². The van der Waals surface area contributed by atoms with Gasteiger partial charge in [0.25, 0.3) is 0 Å². The molecule has 0 amide bonds. The molecule has 0 radical (unpaired) electrons. The van der Waals surface area contributed by atoms with Crippen LogP contribution in [-0.2, 0) is 10.0 Å². The molecule has 0 atom stereocenters. The summed E-state index contributed by atoms with van der Waals surface area (Å²) >= 11 is 0. The third-order valence-electron chi connectivity index (χ3n) is 5.76. The fraction of sp³-hybridized carbons (Fsp3) is 0.545. The Balaban J connectivity index is 0.000000197. The number of rotatable bonds is 3. The van der Waals surface area contributed by atoms with Gasteiger partial charge in [-0.15, -0.1) is 0 Å². The average Bonchev–Trinajstić information content (AvgIpc) is 3.24. The van der Waals surface area contributed by atoms with Crippen molar-refractivity contribution in [3.05, 3.63) is 42.5 Å². The van der Waals surface area contributed by atoms with E-state index < -0.39 is 10.0 Å². The fourth-order valence-corrected chi connectivity index (χ4v) is 5.60. The Labute approximate surface area is 164 Å². The second-order valence-electron chi connectivity index (χ2n) is 7.71. The van der Waals surface area contributed by atoms with Gasteiger partial charge in [0.2, 0.25) is 10.0 Å². The number of piperidine rings is 1. The van der Waals surface area contributed by atoms with Crippen molar-refractivity contribution in [2.75, 3.05) is 32.7 Å². The first-order valence-corrected chi connectivity index (χ1v) is 11.7. The molecule has 0 aromatic heterocycles. The molecule has 148 valence electrons. The van der Waals surface area contributed by atoms with Gasteiger partial charge in [-0.25, -0.2) is 8.42 Å². The van der Waals surface area contributed by atoms with Gasteiger partial charge < -0.3 is 4.90 Å². The molecule has 0 aliphatic carbocycles. The van der Waals surface area contributed by atoms with Crippen LogP contribution in [0.25, 0.3) is 10.8 Å². The highest BCUT2D eigenvalue weighted by molar-refractivity contribution is 7.89. The Kier molecular flexibility index (Phi) is 6.90. The van der Waals surface area contributed by atoms with E-state index in [0.717, 1.165) is 29.5 Å². The maximum atomic E-state index is 12.6. The summed E-state index contributed by atoms with van der Waals surface area (Å²) in [6.45, 7) is 9.79. The van der Waals surface area contributed by atoms with Crippen molar-refractivity contribution in [1.29, 1.82) is 0 Å². The molecule has 2 aliphatic rings. The Morgan fingerprint density at radius 1 is 0.926 bits per heavy atom. The lowest BCUT2D eigenvalue weighted by atomic mass is 9.99. The first kappa shape index (κ1) is 20.3. The van der Waals surface area contributed by atoms with Gasteiger partial charge in [0.15, 0.2) is 0 Å². The predicted molar refractivity (Wildman–Crippen MR) is 112 cm³/mol. The van der Waals surface area contributed by atoms with E-state index in [9.17, 15) is 8.42 Å². The van der Waals surface area contributed by atoms with Crippen molar-refractivity contribution in [2.24, 2.45) is 5.92 Å². The summed E-state index contributed by atoms with van der Waals surface area (Å²) < 4.78 is 26.7. The van der Waals surface area contributed by atoms with Gasteiger partial charge in [-0.05, 0) is 62.7 Å². The van der Waals surface area contributed by atoms with Crippen LogP contribution in [-0.4, -0.2) is 50.3 Å². The summed E-state index contributed by atoms with van der Waals surface area (Å²) in [5.41, 5.74) is 0. The van der Waals surface area contributed by atoms with Gasteiger partial charge in [-0.3, -0.25) is 0 Å². The number of hydrogen-bond acceptors (Lipinski definition) is 3. The lowest BCUT2D eigenvalue weighted by molar-refractivity contribution is 0.201. The number of likely N-dealkylation sites (tertiary alicyclic amines) is 1. The zero-order chi connectivity index (χ0) is 19.3. The smallest absolute Gasteiger partial charge is 0.243 e. The van der Waals surface area contributed by atoms with Gasteiger partial charge in [0, 0.05) is 18.5 Å². The Morgan fingerprint density at radius 2 is 1.56 bits per heavy atom. The van der Waals surface area contributed by atoms with Gasteiger partial charge in [0.1, 0.15) is 0 Å². The summed E-state index contributed by atoms with van der Waals surface area (Å²) in [7, 11) is -3.33. The molecule has 0 bridgehead atoms. The van der Waals surface area contributed by atoms with Gasteiger partial charge in [-0.1, -0.05) is 50.2 Å². The van der Waals surface area contributed by atoms with E-state index in [0.29, 0.717) is 18.0 Å². The van der Waals surface area contributed by atoms with E-state index in [1.807, 2.05) is 36.4 Å². The molecule has 4 nitrogen and oxygen atoms in total. The average molecular weight is 389 g/mol. The van der Waals surface area contributed by atoms with Crippen LogP contribution in [0, 0.1) is 5.92 Å².